The van der Waals surface area contributed by atoms with E-state index in [1.54, 1.807) is 19.2 Å². The number of alkyl halides is 3. The largest absolute Gasteiger partial charge is 0.403 e. The van der Waals surface area contributed by atoms with Crippen LogP contribution in [0.1, 0.15) is 37.2 Å². The minimum Gasteiger partial charge on any atom is -0.310 e. The van der Waals surface area contributed by atoms with Crippen LogP contribution in [0.15, 0.2) is 24.3 Å². The summed E-state index contributed by atoms with van der Waals surface area (Å²) in [4.78, 5) is 12.4. The molecule has 2 saturated carbocycles. The predicted molar refractivity (Wildman–Crippen MR) is 86.9 cm³/mol. The number of aromatic nitrogens is 2. The molecule has 1 amide bonds. The number of hydrogen-bond donors (Lipinski definition) is 1. The average molecular weight is 367 g/mol. The molecule has 0 unspecified atom stereocenters. The zero-order chi connectivity index (χ0) is 18.7. The molecule has 4 nitrogen and oxygen atoms in total. The molecule has 2 fully saturated rings. The maximum Gasteiger partial charge on any atom is 0.403 e. The third kappa shape index (κ3) is 2.68. The summed E-state index contributed by atoms with van der Waals surface area (Å²) < 4.78 is 54.2. The number of halogens is 4. The lowest BCUT2D eigenvalue weighted by atomic mass is 10.0. The van der Waals surface area contributed by atoms with Crippen molar-refractivity contribution in [2.45, 2.75) is 37.8 Å². The van der Waals surface area contributed by atoms with Crippen LogP contribution >= 0.6 is 0 Å². The number of anilines is 1. The number of benzene rings is 1. The number of carbonyl (C=O) groups excluding carboxylic acids is 1. The van der Waals surface area contributed by atoms with E-state index in [0.29, 0.717) is 17.1 Å². The molecular weight excluding hydrogens is 350 g/mol. The fourth-order valence-electron chi connectivity index (χ4n) is 3.26. The second-order valence-electron chi connectivity index (χ2n) is 7.05. The molecule has 1 N–H and O–H groups in total. The van der Waals surface area contributed by atoms with Crippen molar-refractivity contribution in [3.8, 4) is 11.3 Å². The van der Waals surface area contributed by atoms with E-state index in [1.807, 2.05) is 0 Å². The topological polar surface area (TPSA) is 46.9 Å². The van der Waals surface area contributed by atoms with E-state index < -0.39 is 17.5 Å². The summed E-state index contributed by atoms with van der Waals surface area (Å²) in [5.74, 6) is -0.972. The molecule has 0 bridgehead atoms. The molecular formula is C18H17F4N3O. The van der Waals surface area contributed by atoms with Gasteiger partial charge in [0.15, 0.2) is 0 Å². The van der Waals surface area contributed by atoms with Crippen molar-refractivity contribution < 1.29 is 22.4 Å². The number of amides is 1. The van der Waals surface area contributed by atoms with Gasteiger partial charge in [0.05, 0.1) is 5.69 Å². The molecule has 1 aromatic carbocycles. The van der Waals surface area contributed by atoms with Gasteiger partial charge in [-0.2, -0.15) is 18.3 Å². The molecule has 8 heteroatoms. The van der Waals surface area contributed by atoms with E-state index in [0.717, 1.165) is 18.4 Å². The van der Waals surface area contributed by atoms with Crippen LogP contribution in [-0.2, 0) is 11.8 Å². The van der Waals surface area contributed by atoms with Crippen LogP contribution in [0.4, 0.5) is 23.4 Å². The first-order valence-corrected chi connectivity index (χ1v) is 8.44. The zero-order valence-corrected chi connectivity index (χ0v) is 14.0. The molecule has 0 atom stereocenters. The van der Waals surface area contributed by atoms with E-state index in [-0.39, 0.29) is 24.6 Å². The maximum atomic E-state index is 13.2. The Morgan fingerprint density at radius 3 is 2.35 bits per heavy atom. The van der Waals surface area contributed by atoms with Crippen molar-refractivity contribution >= 4 is 11.7 Å². The molecule has 2 aliphatic carbocycles. The summed E-state index contributed by atoms with van der Waals surface area (Å²) in [5, 5.41) is 6.87. The highest BCUT2D eigenvalue weighted by atomic mass is 19.4. The third-order valence-corrected chi connectivity index (χ3v) is 5.15. The number of nitrogens with one attached hydrogen (secondary N) is 1. The predicted octanol–water partition coefficient (Wildman–Crippen LogP) is 4.38. The Hall–Kier alpha value is -2.38. The van der Waals surface area contributed by atoms with Crippen molar-refractivity contribution in [2.24, 2.45) is 12.5 Å². The minimum atomic E-state index is -4.56. The maximum absolute atomic E-state index is 13.2. The molecule has 26 heavy (non-hydrogen) atoms. The van der Waals surface area contributed by atoms with Gasteiger partial charge in [0.25, 0.3) is 0 Å². The number of rotatable bonds is 4. The highest BCUT2D eigenvalue weighted by Gasteiger charge is 2.68. The van der Waals surface area contributed by atoms with Gasteiger partial charge in [-0.25, -0.2) is 4.39 Å². The Morgan fingerprint density at radius 1 is 1.23 bits per heavy atom. The van der Waals surface area contributed by atoms with Crippen LogP contribution < -0.4 is 5.32 Å². The van der Waals surface area contributed by atoms with Crippen LogP contribution in [0.3, 0.4) is 0 Å². The van der Waals surface area contributed by atoms with Crippen molar-refractivity contribution in [1.82, 2.24) is 9.78 Å². The van der Waals surface area contributed by atoms with Crippen LogP contribution in [0.5, 0.6) is 0 Å². The second-order valence-corrected chi connectivity index (χ2v) is 7.05. The third-order valence-electron chi connectivity index (χ3n) is 5.15. The zero-order valence-electron chi connectivity index (χ0n) is 14.0. The second kappa shape index (κ2) is 5.56. The van der Waals surface area contributed by atoms with Crippen molar-refractivity contribution in [3.63, 3.8) is 0 Å². The first-order chi connectivity index (χ1) is 12.2. The van der Waals surface area contributed by atoms with Gasteiger partial charge in [0.1, 0.15) is 17.1 Å². The van der Waals surface area contributed by atoms with Gasteiger partial charge in [0.2, 0.25) is 5.91 Å². The molecule has 2 aliphatic rings. The summed E-state index contributed by atoms with van der Waals surface area (Å²) in [6, 6.07) is 5.77. The summed E-state index contributed by atoms with van der Waals surface area (Å²) in [5.41, 5.74) is -0.317. The quantitative estimate of drug-likeness (QED) is 0.815. The van der Waals surface area contributed by atoms with Gasteiger partial charge in [-0.05, 0) is 55.9 Å². The minimum absolute atomic E-state index is 0.139. The molecule has 138 valence electrons. The molecule has 0 spiro atoms. The normalized spacial score (nSPS) is 18.7. The Morgan fingerprint density at radius 2 is 1.85 bits per heavy atom. The average Bonchev–Trinajstić information content (AvgIpc) is 3.46. The lowest BCUT2D eigenvalue weighted by molar-refractivity contribution is -0.189. The standard InChI is InChI=1S/C18H17F4N3O/c1-25-15(23-16(26)17(8-9-17)18(20,21)22)13(10-2-3-10)14(24-25)11-4-6-12(19)7-5-11/h4-7,10H,2-3,8-9H2,1H3,(H,23,26). The summed E-state index contributed by atoms with van der Waals surface area (Å²) in [6.45, 7) is 0. The molecule has 2 aromatic rings. The highest BCUT2D eigenvalue weighted by molar-refractivity contribution is 5.98. The molecule has 4 rings (SSSR count). The van der Waals surface area contributed by atoms with Gasteiger partial charge in [-0.15, -0.1) is 0 Å². The number of aryl methyl sites for hydroxylation is 1. The Kier molecular flexibility index (Phi) is 3.65. The molecule has 0 aliphatic heterocycles. The first kappa shape index (κ1) is 17.1. The molecule has 0 radical (unpaired) electrons. The van der Waals surface area contributed by atoms with E-state index in [9.17, 15) is 22.4 Å². The van der Waals surface area contributed by atoms with E-state index in [2.05, 4.69) is 10.4 Å². The van der Waals surface area contributed by atoms with Crippen LogP contribution in [0, 0.1) is 11.2 Å². The fourth-order valence-corrected chi connectivity index (χ4v) is 3.26. The summed E-state index contributed by atoms with van der Waals surface area (Å²) in [7, 11) is 1.58. The van der Waals surface area contributed by atoms with E-state index in [4.69, 9.17) is 0 Å². The number of carbonyl (C=O) groups is 1. The van der Waals surface area contributed by atoms with Crippen molar-refractivity contribution in [2.75, 3.05) is 5.32 Å². The van der Waals surface area contributed by atoms with E-state index in [1.165, 1.54) is 16.8 Å². The Balaban J connectivity index is 1.71. The van der Waals surface area contributed by atoms with Crippen LogP contribution in [0.2, 0.25) is 0 Å². The highest BCUT2D eigenvalue weighted by Crippen LogP contribution is 2.58. The summed E-state index contributed by atoms with van der Waals surface area (Å²) >= 11 is 0. The van der Waals surface area contributed by atoms with Gasteiger partial charge in [-0.1, -0.05) is 0 Å². The molecule has 1 heterocycles. The monoisotopic (exact) mass is 367 g/mol. The Bertz CT molecular complexity index is 862. The van der Waals surface area contributed by atoms with Gasteiger partial charge in [-0.3, -0.25) is 9.48 Å². The SMILES string of the molecule is Cn1nc(-c2ccc(F)cc2)c(C2CC2)c1NC(=O)C1(C(F)(F)F)CC1. The number of hydrogen-bond acceptors (Lipinski definition) is 2. The molecule has 0 saturated heterocycles. The lowest BCUT2D eigenvalue weighted by Crippen LogP contribution is -2.37. The smallest absolute Gasteiger partial charge is 0.310 e. The lowest BCUT2D eigenvalue weighted by Gasteiger charge is -2.19. The van der Waals surface area contributed by atoms with Gasteiger partial charge >= 0.3 is 6.18 Å². The molecule has 1 aromatic heterocycles. The van der Waals surface area contributed by atoms with E-state index >= 15 is 0 Å². The van der Waals surface area contributed by atoms with Crippen LogP contribution in [0.25, 0.3) is 11.3 Å². The van der Waals surface area contributed by atoms with Gasteiger partial charge < -0.3 is 5.32 Å². The Labute approximate surface area is 147 Å². The summed E-state index contributed by atoms with van der Waals surface area (Å²) in [6.07, 6.45) is -3.18. The van der Waals surface area contributed by atoms with Gasteiger partial charge in [0, 0.05) is 18.2 Å². The van der Waals surface area contributed by atoms with Crippen LogP contribution in [-0.4, -0.2) is 21.9 Å². The fraction of sp³-hybridized carbons (Fsp3) is 0.444. The number of nitrogens with zero attached hydrogens (tertiary/aromatic N) is 2. The first-order valence-electron chi connectivity index (χ1n) is 8.44. The van der Waals surface area contributed by atoms with Crippen molar-refractivity contribution in [1.29, 1.82) is 0 Å². The van der Waals surface area contributed by atoms with Crippen molar-refractivity contribution in [3.05, 3.63) is 35.6 Å².